The fraction of sp³-hybridized carbons (Fsp3) is 0.562. The number of halogens is 1. The second-order valence-corrected chi connectivity index (χ2v) is 5.69. The zero-order valence-corrected chi connectivity index (χ0v) is 13.0. The van der Waals surface area contributed by atoms with Crippen LogP contribution in [0.5, 0.6) is 0 Å². The van der Waals surface area contributed by atoms with Crippen molar-refractivity contribution in [3.8, 4) is 0 Å². The van der Waals surface area contributed by atoms with Crippen LogP contribution in [0.25, 0.3) is 0 Å². The van der Waals surface area contributed by atoms with E-state index in [2.05, 4.69) is 19.1 Å². The summed E-state index contributed by atoms with van der Waals surface area (Å²) in [5.41, 5.74) is 7.15. The minimum absolute atomic E-state index is 0. The van der Waals surface area contributed by atoms with Crippen LogP contribution in [-0.2, 0) is 11.3 Å². The van der Waals surface area contributed by atoms with Crippen molar-refractivity contribution >= 4 is 18.3 Å². The molecule has 112 valence electrons. The molecule has 4 heteroatoms. The van der Waals surface area contributed by atoms with Crippen LogP contribution >= 0.6 is 12.4 Å². The highest BCUT2D eigenvalue weighted by Gasteiger charge is 2.35. The van der Waals surface area contributed by atoms with Crippen molar-refractivity contribution in [2.45, 2.75) is 51.1 Å². The Kier molecular flexibility index (Phi) is 6.50. The van der Waals surface area contributed by atoms with Crippen molar-refractivity contribution in [1.82, 2.24) is 4.90 Å². The topological polar surface area (TPSA) is 46.3 Å². The lowest BCUT2D eigenvalue weighted by molar-refractivity contribution is -0.134. The maximum absolute atomic E-state index is 12.4. The van der Waals surface area contributed by atoms with E-state index < -0.39 is 0 Å². The normalized spacial score (nSPS) is 15.9. The van der Waals surface area contributed by atoms with Gasteiger partial charge >= 0.3 is 0 Å². The summed E-state index contributed by atoms with van der Waals surface area (Å²) in [5, 5.41) is 0. The van der Waals surface area contributed by atoms with E-state index in [1.807, 2.05) is 23.1 Å². The number of hydrogen-bond acceptors (Lipinski definition) is 2. The monoisotopic (exact) mass is 296 g/mol. The van der Waals surface area contributed by atoms with Gasteiger partial charge in [0.05, 0.1) is 0 Å². The van der Waals surface area contributed by atoms with Crippen LogP contribution in [-0.4, -0.2) is 22.9 Å². The van der Waals surface area contributed by atoms with E-state index >= 15 is 0 Å². The average molecular weight is 297 g/mol. The van der Waals surface area contributed by atoms with Gasteiger partial charge in [-0.05, 0) is 31.2 Å². The molecule has 0 aliphatic heterocycles. The summed E-state index contributed by atoms with van der Waals surface area (Å²) in [6.45, 7) is 3.61. The van der Waals surface area contributed by atoms with Gasteiger partial charge in [0.15, 0.2) is 0 Å². The van der Waals surface area contributed by atoms with E-state index in [9.17, 15) is 4.79 Å². The van der Waals surface area contributed by atoms with Gasteiger partial charge in [-0.25, -0.2) is 0 Å². The molecule has 0 aromatic heterocycles. The molecule has 1 amide bonds. The van der Waals surface area contributed by atoms with Gasteiger partial charge < -0.3 is 10.6 Å². The molecule has 0 radical (unpaired) electrons. The molecule has 3 nitrogen and oxygen atoms in total. The first-order valence-electron chi connectivity index (χ1n) is 7.23. The Balaban J connectivity index is 0.00000200. The Bertz CT molecular complexity index is 418. The largest absolute Gasteiger partial charge is 0.338 e. The molecule has 1 saturated carbocycles. The fourth-order valence-corrected chi connectivity index (χ4v) is 2.59. The van der Waals surface area contributed by atoms with Gasteiger partial charge in [0.25, 0.3) is 0 Å². The van der Waals surface area contributed by atoms with Crippen LogP contribution in [0, 0.1) is 0 Å². The number of carbonyl (C=O) groups excluding carboxylic acids is 1. The second kappa shape index (κ2) is 7.65. The Morgan fingerprint density at radius 2 is 1.95 bits per heavy atom. The van der Waals surface area contributed by atoms with Crippen LogP contribution in [0.1, 0.15) is 44.6 Å². The van der Waals surface area contributed by atoms with Gasteiger partial charge in [-0.15, -0.1) is 12.4 Å². The maximum atomic E-state index is 12.4. The van der Waals surface area contributed by atoms with Gasteiger partial charge in [0.1, 0.15) is 0 Å². The third kappa shape index (κ3) is 4.50. The van der Waals surface area contributed by atoms with Crippen molar-refractivity contribution < 1.29 is 4.79 Å². The van der Waals surface area contributed by atoms with Crippen molar-refractivity contribution in [2.24, 2.45) is 5.73 Å². The van der Waals surface area contributed by atoms with E-state index in [1.54, 1.807) is 0 Å². The minimum Gasteiger partial charge on any atom is -0.338 e. The Labute approximate surface area is 127 Å². The molecule has 0 spiro atoms. The van der Waals surface area contributed by atoms with Crippen molar-refractivity contribution in [3.05, 3.63) is 35.9 Å². The molecule has 1 aromatic rings. The van der Waals surface area contributed by atoms with Crippen molar-refractivity contribution in [2.75, 3.05) is 6.54 Å². The molecule has 20 heavy (non-hydrogen) atoms. The number of rotatable bonds is 6. The van der Waals surface area contributed by atoms with Crippen LogP contribution in [0.2, 0.25) is 0 Å². The van der Waals surface area contributed by atoms with Gasteiger partial charge in [0.2, 0.25) is 5.91 Å². The van der Waals surface area contributed by atoms with Crippen LogP contribution in [0.15, 0.2) is 30.3 Å². The number of benzene rings is 1. The van der Waals surface area contributed by atoms with Crippen LogP contribution in [0.4, 0.5) is 0 Å². The molecular weight excluding hydrogens is 272 g/mol. The summed E-state index contributed by atoms with van der Waals surface area (Å²) in [6, 6.07) is 10.2. The number of hydrogen-bond donors (Lipinski definition) is 1. The predicted molar refractivity (Wildman–Crippen MR) is 84.8 cm³/mol. The van der Waals surface area contributed by atoms with Crippen LogP contribution < -0.4 is 5.73 Å². The van der Waals surface area contributed by atoms with E-state index in [0.29, 0.717) is 13.0 Å². The van der Waals surface area contributed by atoms with Gasteiger partial charge in [-0.3, -0.25) is 4.79 Å². The maximum Gasteiger partial charge on any atom is 0.224 e. The third-order valence-electron chi connectivity index (χ3n) is 3.92. The first-order chi connectivity index (χ1) is 9.13. The number of carbonyl (C=O) groups is 1. The number of amides is 1. The quantitative estimate of drug-likeness (QED) is 0.877. The lowest BCUT2D eigenvalue weighted by Gasteiger charge is -2.39. The molecule has 0 heterocycles. The summed E-state index contributed by atoms with van der Waals surface area (Å²) in [5.74, 6) is 0.202. The number of nitrogens with two attached hydrogens (primary N) is 1. The first kappa shape index (κ1) is 17.0. The highest BCUT2D eigenvalue weighted by Crippen LogP contribution is 2.32. The molecule has 2 rings (SSSR count). The zero-order chi connectivity index (χ0) is 13.7. The molecule has 1 aliphatic carbocycles. The molecule has 1 aromatic carbocycles. The highest BCUT2D eigenvalue weighted by atomic mass is 35.5. The number of nitrogens with zero attached hydrogens (tertiary/aromatic N) is 1. The smallest absolute Gasteiger partial charge is 0.224 e. The molecule has 2 N–H and O–H groups in total. The van der Waals surface area contributed by atoms with E-state index in [1.165, 1.54) is 5.56 Å². The molecule has 1 fully saturated rings. The Morgan fingerprint density at radius 1 is 1.30 bits per heavy atom. The zero-order valence-electron chi connectivity index (χ0n) is 12.2. The highest BCUT2D eigenvalue weighted by molar-refractivity contribution is 5.85. The fourth-order valence-electron chi connectivity index (χ4n) is 2.59. The molecule has 0 saturated heterocycles. The summed E-state index contributed by atoms with van der Waals surface area (Å²) >= 11 is 0. The SMILES string of the molecule is CCCN(Cc1ccccc1)C(=O)CC1(N)CCC1.Cl. The van der Waals surface area contributed by atoms with E-state index in [4.69, 9.17) is 5.73 Å². The molecular formula is C16H25ClN2O. The summed E-state index contributed by atoms with van der Waals surface area (Å²) in [4.78, 5) is 14.3. The molecule has 1 aliphatic rings. The molecule has 0 bridgehead atoms. The Hall–Kier alpha value is -1.06. The predicted octanol–water partition coefficient (Wildman–Crippen LogP) is 3.12. The van der Waals surface area contributed by atoms with Crippen molar-refractivity contribution in [1.29, 1.82) is 0 Å². The summed E-state index contributed by atoms with van der Waals surface area (Å²) in [7, 11) is 0. The first-order valence-corrected chi connectivity index (χ1v) is 7.23. The van der Waals surface area contributed by atoms with Gasteiger partial charge in [-0.2, -0.15) is 0 Å². The van der Waals surface area contributed by atoms with Crippen LogP contribution in [0.3, 0.4) is 0 Å². The summed E-state index contributed by atoms with van der Waals surface area (Å²) in [6.07, 6.45) is 4.63. The van der Waals surface area contributed by atoms with Gasteiger partial charge in [0, 0.05) is 25.0 Å². The lowest BCUT2D eigenvalue weighted by atomic mass is 9.75. The summed E-state index contributed by atoms with van der Waals surface area (Å²) < 4.78 is 0. The lowest BCUT2D eigenvalue weighted by Crippen LogP contribution is -2.50. The average Bonchev–Trinajstić information content (AvgIpc) is 2.37. The van der Waals surface area contributed by atoms with Gasteiger partial charge in [-0.1, -0.05) is 37.3 Å². The van der Waals surface area contributed by atoms with E-state index in [0.717, 1.165) is 32.2 Å². The minimum atomic E-state index is -0.222. The standard InChI is InChI=1S/C16H24N2O.ClH/c1-2-11-18(13-14-7-4-3-5-8-14)15(19)12-16(17)9-6-10-16;/h3-5,7-8H,2,6,9-13,17H2,1H3;1H. The van der Waals surface area contributed by atoms with Crippen molar-refractivity contribution in [3.63, 3.8) is 0 Å². The third-order valence-corrected chi connectivity index (χ3v) is 3.92. The second-order valence-electron chi connectivity index (χ2n) is 5.69. The Morgan fingerprint density at radius 3 is 2.45 bits per heavy atom. The molecule has 0 atom stereocenters. The molecule has 0 unspecified atom stereocenters. The van der Waals surface area contributed by atoms with E-state index in [-0.39, 0.29) is 23.9 Å².